The van der Waals surface area contributed by atoms with Crippen molar-refractivity contribution >= 4 is 0 Å². The molecule has 0 unspecified atom stereocenters. The monoisotopic (exact) mass is 259 g/mol. The lowest BCUT2D eigenvalue weighted by Gasteiger charge is -2.06. The molecule has 2 aromatic rings. The number of hydrogen-bond acceptors (Lipinski definition) is 3. The van der Waals surface area contributed by atoms with Crippen molar-refractivity contribution in [2.75, 3.05) is 13.2 Å². The summed E-state index contributed by atoms with van der Waals surface area (Å²) in [5.74, 6) is 0. The Kier molecular flexibility index (Phi) is 5.12. The minimum absolute atomic E-state index is 0.127. The van der Waals surface area contributed by atoms with E-state index in [2.05, 4.69) is 41.6 Å². The number of aliphatic hydroxyl groups is 1. The number of rotatable bonds is 7. The number of hydrogen-bond donors (Lipinski definition) is 2. The first kappa shape index (κ1) is 13.8. The van der Waals surface area contributed by atoms with E-state index in [0.717, 1.165) is 25.1 Å². The smallest absolute Gasteiger partial charge is 0.0640 e. The molecule has 4 heteroatoms. The van der Waals surface area contributed by atoms with E-state index in [1.54, 1.807) is 4.68 Å². The molecule has 2 rings (SSSR count). The van der Waals surface area contributed by atoms with E-state index in [1.807, 2.05) is 12.4 Å². The summed E-state index contributed by atoms with van der Waals surface area (Å²) in [6, 6.07) is 8.48. The molecule has 0 aliphatic rings. The standard InChI is InChI=1S/C15H21N3O/c1-13-4-2-3-5-15(13)6-7-16-10-14-11-17-18(12-14)8-9-19/h2-5,11-12,16,19H,6-10H2,1H3. The van der Waals surface area contributed by atoms with Gasteiger partial charge in [0, 0.05) is 18.3 Å². The molecule has 0 fully saturated rings. The number of nitrogens with zero attached hydrogens (tertiary/aromatic N) is 2. The van der Waals surface area contributed by atoms with Crippen molar-refractivity contribution in [2.45, 2.75) is 26.4 Å². The van der Waals surface area contributed by atoms with Gasteiger partial charge in [-0.15, -0.1) is 0 Å². The average Bonchev–Trinajstić information content (AvgIpc) is 2.85. The van der Waals surface area contributed by atoms with Crippen molar-refractivity contribution in [1.29, 1.82) is 0 Å². The van der Waals surface area contributed by atoms with Gasteiger partial charge in [-0.25, -0.2) is 0 Å². The van der Waals surface area contributed by atoms with Gasteiger partial charge in [0.1, 0.15) is 0 Å². The first-order valence-corrected chi connectivity index (χ1v) is 6.67. The fourth-order valence-electron chi connectivity index (χ4n) is 2.07. The predicted molar refractivity (Wildman–Crippen MR) is 75.9 cm³/mol. The van der Waals surface area contributed by atoms with Crippen LogP contribution in [-0.4, -0.2) is 28.0 Å². The highest BCUT2D eigenvalue weighted by molar-refractivity contribution is 5.25. The van der Waals surface area contributed by atoms with Crippen molar-refractivity contribution < 1.29 is 5.11 Å². The Morgan fingerprint density at radius 1 is 1.32 bits per heavy atom. The second-order valence-corrected chi connectivity index (χ2v) is 4.69. The van der Waals surface area contributed by atoms with E-state index in [4.69, 9.17) is 5.11 Å². The number of aromatic nitrogens is 2. The van der Waals surface area contributed by atoms with Gasteiger partial charge in [-0.3, -0.25) is 4.68 Å². The van der Waals surface area contributed by atoms with Crippen LogP contribution in [0, 0.1) is 6.92 Å². The van der Waals surface area contributed by atoms with Crippen LogP contribution >= 0.6 is 0 Å². The van der Waals surface area contributed by atoms with E-state index in [-0.39, 0.29) is 6.61 Å². The molecular weight excluding hydrogens is 238 g/mol. The van der Waals surface area contributed by atoms with Gasteiger partial charge in [-0.1, -0.05) is 24.3 Å². The van der Waals surface area contributed by atoms with Crippen LogP contribution in [0.2, 0.25) is 0 Å². The van der Waals surface area contributed by atoms with Crippen LogP contribution in [0.25, 0.3) is 0 Å². The Labute approximate surface area is 114 Å². The highest BCUT2D eigenvalue weighted by Gasteiger charge is 1.99. The van der Waals surface area contributed by atoms with Crippen LogP contribution in [0.3, 0.4) is 0 Å². The molecule has 102 valence electrons. The third-order valence-electron chi connectivity index (χ3n) is 3.18. The second kappa shape index (κ2) is 7.07. The predicted octanol–water partition coefficient (Wildman–Crippen LogP) is 1.52. The zero-order valence-corrected chi connectivity index (χ0v) is 11.3. The summed E-state index contributed by atoms with van der Waals surface area (Å²) >= 11 is 0. The lowest BCUT2D eigenvalue weighted by atomic mass is 10.1. The lowest BCUT2D eigenvalue weighted by Crippen LogP contribution is -2.16. The van der Waals surface area contributed by atoms with E-state index >= 15 is 0 Å². The van der Waals surface area contributed by atoms with E-state index in [9.17, 15) is 0 Å². The summed E-state index contributed by atoms with van der Waals surface area (Å²) in [5, 5.41) is 16.4. The second-order valence-electron chi connectivity index (χ2n) is 4.69. The van der Waals surface area contributed by atoms with Gasteiger partial charge >= 0.3 is 0 Å². The Hall–Kier alpha value is -1.65. The van der Waals surface area contributed by atoms with Gasteiger partial charge in [0.2, 0.25) is 0 Å². The Balaban J connectivity index is 1.73. The van der Waals surface area contributed by atoms with Crippen LogP contribution < -0.4 is 5.32 Å². The first-order valence-electron chi connectivity index (χ1n) is 6.67. The minimum Gasteiger partial charge on any atom is -0.394 e. The van der Waals surface area contributed by atoms with Crippen molar-refractivity contribution in [2.24, 2.45) is 0 Å². The summed E-state index contributed by atoms with van der Waals surface area (Å²) in [4.78, 5) is 0. The van der Waals surface area contributed by atoms with Crippen molar-refractivity contribution in [3.05, 3.63) is 53.3 Å². The summed E-state index contributed by atoms with van der Waals surface area (Å²) < 4.78 is 1.76. The number of aliphatic hydroxyl groups excluding tert-OH is 1. The number of aryl methyl sites for hydroxylation is 1. The molecule has 1 aromatic heterocycles. The normalized spacial score (nSPS) is 10.8. The van der Waals surface area contributed by atoms with E-state index in [1.165, 1.54) is 11.1 Å². The summed E-state index contributed by atoms with van der Waals surface area (Å²) in [6.07, 6.45) is 4.85. The van der Waals surface area contributed by atoms with Crippen LogP contribution in [0.15, 0.2) is 36.7 Å². The summed E-state index contributed by atoms with van der Waals surface area (Å²) in [5.41, 5.74) is 3.89. The largest absolute Gasteiger partial charge is 0.394 e. The highest BCUT2D eigenvalue weighted by Crippen LogP contribution is 2.07. The van der Waals surface area contributed by atoms with Crippen LogP contribution in [0.5, 0.6) is 0 Å². The first-order chi connectivity index (χ1) is 9.29. The minimum atomic E-state index is 0.127. The maximum Gasteiger partial charge on any atom is 0.0640 e. The van der Waals surface area contributed by atoms with Gasteiger partial charge in [-0.2, -0.15) is 5.10 Å². The van der Waals surface area contributed by atoms with Crippen LogP contribution in [-0.2, 0) is 19.5 Å². The van der Waals surface area contributed by atoms with E-state index in [0.29, 0.717) is 6.54 Å². The quantitative estimate of drug-likeness (QED) is 0.741. The molecule has 1 heterocycles. The number of benzene rings is 1. The molecular formula is C15H21N3O. The fraction of sp³-hybridized carbons (Fsp3) is 0.400. The molecule has 2 N–H and O–H groups in total. The zero-order chi connectivity index (χ0) is 13.5. The molecule has 0 spiro atoms. The van der Waals surface area contributed by atoms with E-state index < -0.39 is 0 Å². The zero-order valence-electron chi connectivity index (χ0n) is 11.3. The molecule has 0 aliphatic carbocycles. The Morgan fingerprint density at radius 2 is 2.16 bits per heavy atom. The molecule has 0 saturated carbocycles. The van der Waals surface area contributed by atoms with Crippen molar-refractivity contribution in [3.63, 3.8) is 0 Å². The maximum atomic E-state index is 8.82. The molecule has 0 radical (unpaired) electrons. The SMILES string of the molecule is Cc1ccccc1CCNCc1cnn(CCO)c1. The molecule has 19 heavy (non-hydrogen) atoms. The molecule has 0 atom stereocenters. The average molecular weight is 259 g/mol. The molecule has 0 bridgehead atoms. The highest BCUT2D eigenvalue weighted by atomic mass is 16.3. The Bertz CT molecular complexity index is 508. The molecule has 4 nitrogen and oxygen atoms in total. The molecule has 0 saturated heterocycles. The molecule has 0 aliphatic heterocycles. The van der Waals surface area contributed by atoms with Gasteiger partial charge in [0.05, 0.1) is 19.3 Å². The van der Waals surface area contributed by atoms with Gasteiger partial charge < -0.3 is 10.4 Å². The van der Waals surface area contributed by atoms with Crippen molar-refractivity contribution in [3.8, 4) is 0 Å². The summed E-state index contributed by atoms with van der Waals surface area (Å²) in [6.45, 7) is 4.60. The Morgan fingerprint density at radius 3 is 2.95 bits per heavy atom. The van der Waals surface area contributed by atoms with Crippen LogP contribution in [0.1, 0.15) is 16.7 Å². The number of nitrogens with one attached hydrogen (secondary N) is 1. The third kappa shape index (κ3) is 4.19. The summed E-state index contributed by atoms with van der Waals surface area (Å²) in [7, 11) is 0. The van der Waals surface area contributed by atoms with Gasteiger partial charge in [-0.05, 0) is 31.0 Å². The van der Waals surface area contributed by atoms with Gasteiger partial charge in [0.25, 0.3) is 0 Å². The fourth-order valence-corrected chi connectivity index (χ4v) is 2.07. The topological polar surface area (TPSA) is 50.1 Å². The third-order valence-corrected chi connectivity index (χ3v) is 3.18. The molecule has 0 amide bonds. The maximum absolute atomic E-state index is 8.82. The molecule has 1 aromatic carbocycles. The van der Waals surface area contributed by atoms with Crippen LogP contribution in [0.4, 0.5) is 0 Å². The van der Waals surface area contributed by atoms with Gasteiger partial charge in [0.15, 0.2) is 0 Å². The lowest BCUT2D eigenvalue weighted by molar-refractivity contribution is 0.269. The van der Waals surface area contributed by atoms with Crippen molar-refractivity contribution in [1.82, 2.24) is 15.1 Å².